The van der Waals surface area contributed by atoms with E-state index in [1.807, 2.05) is 4.90 Å². The molecule has 1 fully saturated rings. The number of hydrogen-bond donors (Lipinski definition) is 1. The molecule has 1 aliphatic heterocycles. The Labute approximate surface area is 149 Å². The number of nitrogens with zero attached hydrogens (tertiary/aromatic N) is 2. The van der Waals surface area contributed by atoms with Gasteiger partial charge in [0.1, 0.15) is 5.82 Å². The molecule has 1 N–H and O–H groups in total. The van der Waals surface area contributed by atoms with Crippen LogP contribution < -0.4 is 10.2 Å². The first-order valence-electron chi connectivity index (χ1n) is 8.03. The third-order valence-corrected chi connectivity index (χ3v) is 5.51. The number of carbonyl (C=O) groups is 1. The Morgan fingerprint density at radius 2 is 1.77 bits per heavy atom. The fourth-order valence-electron chi connectivity index (χ4n) is 2.78. The predicted molar refractivity (Wildman–Crippen MR) is 93.3 cm³/mol. The highest BCUT2D eigenvalue weighted by Crippen LogP contribution is 2.24. The summed E-state index contributed by atoms with van der Waals surface area (Å²) in [6, 6.07) is 7.96. The highest BCUT2D eigenvalue weighted by atomic mass is 32.2. The van der Waals surface area contributed by atoms with Crippen molar-refractivity contribution in [3.8, 4) is 0 Å². The van der Waals surface area contributed by atoms with Gasteiger partial charge in [-0.05, 0) is 49.2 Å². The van der Waals surface area contributed by atoms with Crippen LogP contribution in [0.4, 0.5) is 20.3 Å². The Morgan fingerprint density at radius 1 is 1.12 bits per heavy atom. The molecule has 2 heterocycles. The topological polar surface area (TPSA) is 79.4 Å². The van der Waals surface area contributed by atoms with Crippen molar-refractivity contribution in [2.24, 2.45) is 0 Å². The molecule has 1 amide bonds. The second-order valence-electron chi connectivity index (χ2n) is 5.85. The number of anilines is 2. The Kier molecular flexibility index (Phi) is 5.17. The zero-order valence-corrected chi connectivity index (χ0v) is 14.5. The van der Waals surface area contributed by atoms with Gasteiger partial charge < -0.3 is 10.2 Å². The summed E-state index contributed by atoms with van der Waals surface area (Å²) in [6.07, 6.45) is 3.70. The normalized spacial score (nSPS) is 14.7. The molecule has 0 radical (unpaired) electrons. The molecule has 1 aliphatic rings. The number of pyridine rings is 1. The van der Waals surface area contributed by atoms with E-state index in [2.05, 4.69) is 10.3 Å². The van der Waals surface area contributed by atoms with Crippen molar-refractivity contribution in [1.29, 1.82) is 0 Å². The quantitative estimate of drug-likeness (QED) is 0.862. The minimum atomic E-state index is -4.65. The maximum absolute atomic E-state index is 12.6. The maximum Gasteiger partial charge on any atom is 0.341 e. The predicted octanol–water partition coefficient (Wildman–Crippen LogP) is 2.93. The molecule has 0 unspecified atom stereocenters. The summed E-state index contributed by atoms with van der Waals surface area (Å²) >= 11 is 0. The lowest BCUT2D eigenvalue weighted by atomic mass is 10.2. The van der Waals surface area contributed by atoms with Crippen LogP contribution in [0.5, 0.6) is 0 Å². The molecule has 1 aromatic heterocycles. The highest BCUT2D eigenvalue weighted by molar-refractivity contribution is 7.91. The van der Waals surface area contributed by atoms with Crippen molar-refractivity contribution < 1.29 is 22.0 Å². The number of sulfone groups is 1. The molecule has 0 spiro atoms. The minimum Gasteiger partial charge on any atom is -0.356 e. The van der Waals surface area contributed by atoms with Crippen molar-refractivity contribution in [3.05, 3.63) is 48.2 Å². The number of amides is 1. The number of carbonyl (C=O) groups excluding carboxylic acids is 1. The summed E-state index contributed by atoms with van der Waals surface area (Å²) in [6.45, 7) is 1.66. The number of benzene rings is 1. The van der Waals surface area contributed by atoms with Crippen LogP contribution >= 0.6 is 0 Å². The van der Waals surface area contributed by atoms with Gasteiger partial charge >= 0.3 is 5.76 Å². The summed E-state index contributed by atoms with van der Waals surface area (Å²) in [7, 11) is -4.65. The first-order valence-corrected chi connectivity index (χ1v) is 9.57. The summed E-state index contributed by atoms with van der Waals surface area (Å²) < 4.78 is 48.0. The van der Waals surface area contributed by atoms with E-state index >= 15 is 0 Å². The second-order valence-corrected chi connectivity index (χ2v) is 7.77. The molecule has 9 heteroatoms. The van der Waals surface area contributed by atoms with Crippen molar-refractivity contribution in [1.82, 2.24) is 4.98 Å². The van der Waals surface area contributed by atoms with Crippen LogP contribution in [0.1, 0.15) is 23.2 Å². The lowest BCUT2D eigenvalue weighted by Crippen LogP contribution is -2.24. The van der Waals surface area contributed by atoms with E-state index < -0.39 is 26.4 Å². The Hall–Kier alpha value is -2.55. The van der Waals surface area contributed by atoms with E-state index in [0.717, 1.165) is 38.1 Å². The lowest BCUT2D eigenvalue weighted by molar-refractivity contribution is 0.102. The summed E-state index contributed by atoms with van der Waals surface area (Å²) in [5.41, 5.74) is 0.707. The van der Waals surface area contributed by atoms with E-state index in [1.54, 1.807) is 18.3 Å². The number of aromatic nitrogens is 1. The minimum absolute atomic E-state index is 0.305. The van der Waals surface area contributed by atoms with Crippen LogP contribution in [0.3, 0.4) is 0 Å². The van der Waals surface area contributed by atoms with E-state index in [0.29, 0.717) is 17.1 Å². The van der Waals surface area contributed by atoms with Gasteiger partial charge in [0.05, 0.1) is 10.5 Å². The standard InChI is InChI=1S/C17H17F2N3O3S/c18-17(19)26(24,25)13-7-5-12(6-8-13)21-16(23)14-4-3-9-20-15(14)22-10-1-2-11-22/h3-9,17H,1-2,10-11H2,(H,21,23). The van der Waals surface area contributed by atoms with Crippen molar-refractivity contribution in [2.75, 3.05) is 23.3 Å². The van der Waals surface area contributed by atoms with Crippen LogP contribution in [-0.4, -0.2) is 38.2 Å². The molecule has 0 bridgehead atoms. The number of hydrogen-bond acceptors (Lipinski definition) is 5. The number of rotatable bonds is 5. The molecule has 6 nitrogen and oxygen atoms in total. The van der Waals surface area contributed by atoms with E-state index in [-0.39, 0.29) is 0 Å². The van der Waals surface area contributed by atoms with Crippen molar-refractivity contribution in [2.45, 2.75) is 23.5 Å². The van der Waals surface area contributed by atoms with Gasteiger partial charge in [0.25, 0.3) is 5.91 Å². The molecule has 0 atom stereocenters. The molecular weight excluding hydrogens is 364 g/mol. The van der Waals surface area contributed by atoms with Gasteiger partial charge in [0.2, 0.25) is 9.84 Å². The summed E-state index contributed by atoms with van der Waals surface area (Å²) in [4.78, 5) is 18.4. The van der Waals surface area contributed by atoms with Gasteiger partial charge in [-0.3, -0.25) is 4.79 Å². The molecule has 0 saturated carbocycles. The van der Waals surface area contributed by atoms with E-state index in [1.165, 1.54) is 12.1 Å². The van der Waals surface area contributed by atoms with Crippen LogP contribution in [0.15, 0.2) is 47.5 Å². The third-order valence-electron chi connectivity index (χ3n) is 4.11. The number of halogens is 2. The highest BCUT2D eigenvalue weighted by Gasteiger charge is 2.26. The van der Waals surface area contributed by atoms with Crippen molar-refractivity contribution in [3.63, 3.8) is 0 Å². The number of nitrogens with one attached hydrogen (secondary N) is 1. The molecule has 3 rings (SSSR count). The zero-order chi connectivity index (χ0) is 18.7. The van der Waals surface area contributed by atoms with Crippen LogP contribution in [0, 0.1) is 0 Å². The van der Waals surface area contributed by atoms with E-state index in [9.17, 15) is 22.0 Å². The van der Waals surface area contributed by atoms with Crippen molar-refractivity contribution >= 4 is 27.2 Å². The van der Waals surface area contributed by atoms with Gasteiger partial charge in [0.15, 0.2) is 0 Å². The fraction of sp³-hybridized carbons (Fsp3) is 0.294. The Morgan fingerprint density at radius 3 is 2.38 bits per heavy atom. The SMILES string of the molecule is O=C(Nc1ccc(S(=O)(=O)C(F)F)cc1)c1cccnc1N1CCCC1. The average Bonchev–Trinajstić information content (AvgIpc) is 3.16. The molecule has 0 aliphatic carbocycles. The summed E-state index contributed by atoms with van der Waals surface area (Å²) in [5, 5.41) is 2.64. The first kappa shape index (κ1) is 18.2. The van der Waals surface area contributed by atoms with Gasteiger partial charge in [-0.15, -0.1) is 0 Å². The van der Waals surface area contributed by atoms with Gasteiger partial charge in [-0.25, -0.2) is 13.4 Å². The van der Waals surface area contributed by atoms with Crippen LogP contribution in [-0.2, 0) is 9.84 Å². The maximum atomic E-state index is 12.6. The number of alkyl halides is 2. The van der Waals surface area contributed by atoms with E-state index in [4.69, 9.17) is 0 Å². The van der Waals surface area contributed by atoms with Gasteiger partial charge in [-0.1, -0.05) is 0 Å². The molecule has 1 aromatic carbocycles. The molecule has 26 heavy (non-hydrogen) atoms. The fourth-order valence-corrected chi connectivity index (χ4v) is 3.51. The van der Waals surface area contributed by atoms with Gasteiger partial charge in [0, 0.05) is 25.0 Å². The third kappa shape index (κ3) is 3.67. The molecular formula is C17H17F2N3O3S. The molecule has 138 valence electrons. The summed E-state index contributed by atoms with van der Waals surface area (Å²) in [5.74, 6) is -3.29. The Balaban J connectivity index is 1.79. The van der Waals surface area contributed by atoms with Gasteiger partial charge in [-0.2, -0.15) is 8.78 Å². The largest absolute Gasteiger partial charge is 0.356 e. The average molecular weight is 381 g/mol. The first-order chi connectivity index (χ1) is 12.4. The zero-order valence-electron chi connectivity index (χ0n) is 13.7. The smallest absolute Gasteiger partial charge is 0.341 e. The lowest BCUT2D eigenvalue weighted by Gasteiger charge is -2.19. The van der Waals surface area contributed by atoms with Crippen LogP contribution in [0.2, 0.25) is 0 Å². The monoisotopic (exact) mass is 381 g/mol. The molecule has 2 aromatic rings. The second kappa shape index (κ2) is 7.36. The Bertz CT molecular complexity index is 896. The molecule has 1 saturated heterocycles. The van der Waals surface area contributed by atoms with Crippen LogP contribution in [0.25, 0.3) is 0 Å².